The second-order valence-corrected chi connectivity index (χ2v) is 6.61. The highest BCUT2D eigenvalue weighted by molar-refractivity contribution is 6.35. The smallest absolute Gasteiger partial charge is 0.318 e. The van der Waals surface area contributed by atoms with E-state index in [1.54, 1.807) is 0 Å². The van der Waals surface area contributed by atoms with Gasteiger partial charge < -0.3 is 14.8 Å². The maximum atomic E-state index is 12.5. The number of aryl methyl sites for hydroxylation is 1. The Bertz CT molecular complexity index is 929. The van der Waals surface area contributed by atoms with Gasteiger partial charge in [-0.2, -0.15) is 5.10 Å². The maximum Gasteiger partial charge on any atom is 0.318 e. The van der Waals surface area contributed by atoms with Crippen LogP contribution in [0.3, 0.4) is 0 Å². The van der Waals surface area contributed by atoms with Crippen LogP contribution >= 0.6 is 11.6 Å². The Labute approximate surface area is 151 Å². The van der Waals surface area contributed by atoms with Gasteiger partial charge in [-0.05, 0) is 31.2 Å². The molecule has 0 saturated heterocycles. The second kappa shape index (κ2) is 6.44. The molecule has 1 aromatic carbocycles. The normalized spacial score (nSPS) is 13.9. The van der Waals surface area contributed by atoms with E-state index in [0.29, 0.717) is 19.6 Å². The first-order valence-corrected chi connectivity index (χ1v) is 8.85. The summed E-state index contributed by atoms with van der Waals surface area (Å²) in [6, 6.07) is 9.89. The van der Waals surface area contributed by atoms with Crippen LogP contribution in [-0.2, 0) is 26.2 Å². The summed E-state index contributed by atoms with van der Waals surface area (Å²) in [5.74, 6) is 0. The molecule has 2 aromatic heterocycles. The summed E-state index contributed by atoms with van der Waals surface area (Å²) in [5.41, 5.74) is 3.11. The zero-order valence-corrected chi connectivity index (χ0v) is 14.8. The van der Waals surface area contributed by atoms with E-state index in [1.807, 2.05) is 40.9 Å². The first-order valence-electron chi connectivity index (χ1n) is 8.47. The molecule has 1 N–H and O–H groups in total. The number of nitrogens with one attached hydrogen (secondary N) is 1. The highest BCUT2D eigenvalue weighted by Crippen LogP contribution is 2.29. The van der Waals surface area contributed by atoms with Crippen LogP contribution in [0.2, 0.25) is 5.02 Å². The van der Waals surface area contributed by atoms with Crippen LogP contribution in [0.15, 0.2) is 36.5 Å². The van der Waals surface area contributed by atoms with Crippen LogP contribution < -0.4 is 5.32 Å². The van der Waals surface area contributed by atoms with Crippen LogP contribution in [0, 0.1) is 0 Å². The Balaban J connectivity index is 1.45. The van der Waals surface area contributed by atoms with E-state index >= 15 is 0 Å². The molecule has 0 saturated carbocycles. The van der Waals surface area contributed by atoms with Gasteiger partial charge in [-0.15, -0.1) is 0 Å². The van der Waals surface area contributed by atoms with Crippen LogP contribution in [0.5, 0.6) is 0 Å². The number of carbonyl (C=O) groups excluding carboxylic acids is 1. The number of urea groups is 1. The Kier molecular flexibility index (Phi) is 4.13. The van der Waals surface area contributed by atoms with Crippen molar-refractivity contribution in [2.75, 3.05) is 6.54 Å². The van der Waals surface area contributed by atoms with Crippen LogP contribution in [0.1, 0.15) is 18.3 Å². The fraction of sp³-hybridized carbons (Fsp3) is 0.333. The molecular formula is C18H20ClN5O. The third-order valence-electron chi connectivity index (χ3n) is 4.65. The van der Waals surface area contributed by atoms with Gasteiger partial charge in [0.1, 0.15) is 0 Å². The third kappa shape index (κ3) is 2.98. The number of halogens is 1. The number of hydrogen-bond donors (Lipinski definition) is 1. The van der Waals surface area contributed by atoms with Gasteiger partial charge in [0.15, 0.2) is 0 Å². The summed E-state index contributed by atoms with van der Waals surface area (Å²) < 4.78 is 4.10. The molecule has 0 atom stereocenters. The molecule has 0 aliphatic carbocycles. The van der Waals surface area contributed by atoms with Gasteiger partial charge in [0, 0.05) is 47.5 Å². The van der Waals surface area contributed by atoms with Crippen molar-refractivity contribution in [3.05, 3.63) is 52.9 Å². The monoisotopic (exact) mass is 357 g/mol. The molecule has 130 valence electrons. The van der Waals surface area contributed by atoms with Gasteiger partial charge in [0.2, 0.25) is 0 Å². The van der Waals surface area contributed by atoms with Crippen molar-refractivity contribution in [2.24, 2.45) is 0 Å². The summed E-state index contributed by atoms with van der Waals surface area (Å²) in [5, 5.41) is 9.14. The zero-order valence-electron chi connectivity index (χ0n) is 14.1. The first-order chi connectivity index (χ1) is 12.2. The van der Waals surface area contributed by atoms with Gasteiger partial charge >= 0.3 is 6.03 Å². The van der Waals surface area contributed by atoms with Gasteiger partial charge in [0.05, 0.1) is 18.8 Å². The summed E-state index contributed by atoms with van der Waals surface area (Å²) in [7, 11) is 0. The number of carbonyl (C=O) groups is 1. The molecule has 3 aromatic rings. The molecule has 1 aliphatic heterocycles. The standard InChI is InChI=1S/C18H20ClN5O/c1-2-23-7-6-13(21-23)11-20-18(25)22-8-9-24-14(12-22)10-15-16(19)4-3-5-17(15)24/h3-7,10H,2,8-9,11-12H2,1H3,(H,20,25). The number of hydrogen-bond acceptors (Lipinski definition) is 2. The van der Waals surface area contributed by atoms with Crippen molar-refractivity contribution in [3.8, 4) is 0 Å². The lowest BCUT2D eigenvalue weighted by atomic mass is 10.2. The van der Waals surface area contributed by atoms with Crippen LogP contribution in [0.25, 0.3) is 10.9 Å². The average Bonchev–Trinajstić information content (AvgIpc) is 3.24. The molecule has 0 unspecified atom stereocenters. The fourth-order valence-corrected chi connectivity index (χ4v) is 3.54. The Hall–Kier alpha value is -2.47. The molecule has 7 heteroatoms. The number of nitrogens with zero attached hydrogens (tertiary/aromatic N) is 4. The third-order valence-corrected chi connectivity index (χ3v) is 4.98. The summed E-state index contributed by atoms with van der Waals surface area (Å²) in [6.07, 6.45) is 1.92. The molecule has 6 nitrogen and oxygen atoms in total. The van der Waals surface area contributed by atoms with Gasteiger partial charge in [-0.3, -0.25) is 4.68 Å². The second-order valence-electron chi connectivity index (χ2n) is 6.20. The predicted octanol–water partition coefficient (Wildman–Crippen LogP) is 3.24. The lowest BCUT2D eigenvalue weighted by molar-refractivity contribution is 0.183. The predicted molar refractivity (Wildman–Crippen MR) is 97.5 cm³/mol. The van der Waals surface area contributed by atoms with Crippen molar-refractivity contribution < 1.29 is 4.79 Å². The van der Waals surface area contributed by atoms with Crippen molar-refractivity contribution in [2.45, 2.75) is 33.1 Å². The lowest BCUT2D eigenvalue weighted by Gasteiger charge is -2.29. The van der Waals surface area contributed by atoms with E-state index in [2.05, 4.69) is 27.1 Å². The molecular weight excluding hydrogens is 338 g/mol. The highest BCUT2D eigenvalue weighted by Gasteiger charge is 2.22. The average molecular weight is 358 g/mol. The summed E-state index contributed by atoms with van der Waals surface area (Å²) in [6.45, 7) is 5.34. The zero-order chi connectivity index (χ0) is 17.4. The van der Waals surface area contributed by atoms with Crippen LogP contribution in [-0.4, -0.2) is 31.8 Å². The lowest BCUT2D eigenvalue weighted by Crippen LogP contribution is -2.43. The number of amides is 2. The molecule has 3 heterocycles. The van der Waals surface area contributed by atoms with E-state index in [4.69, 9.17) is 11.6 Å². The highest BCUT2D eigenvalue weighted by atomic mass is 35.5. The summed E-state index contributed by atoms with van der Waals surface area (Å²) >= 11 is 6.29. The molecule has 0 radical (unpaired) electrons. The Morgan fingerprint density at radius 3 is 3.00 bits per heavy atom. The van der Waals surface area contributed by atoms with E-state index in [0.717, 1.165) is 40.4 Å². The van der Waals surface area contributed by atoms with Crippen molar-refractivity contribution in [1.82, 2.24) is 24.6 Å². The van der Waals surface area contributed by atoms with Crippen molar-refractivity contribution in [3.63, 3.8) is 0 Å². The van der Waals surface area contributed by atoms with Gasteiger partial charge in [-0.1, -0.05) is 17.7 Å². The Morgan fingerprint density at radius 2 is 2.20 bits per heavy atom. The molecule has 1 aliphatic rings. The largest absolute Gasteiger partial charge is 0.341 e. The van der Waals surface area contributed by atoms with E-state index in [-0.39, 0.29) is 6.03 Å². The number of aromatic nitrogens is 3. The number of rotatable bonds is 3. The van der Waals surface area contributed by atoms with E-state index in [1.165, 1.54) is 0 Å². The molecule has 25 heavy (non-hydrogen) atoms. The minimum Gasteiger partial charge on any atom is -0.341 e. The van der Waals surface area contributed by atoms with E-state index < -0.39 is 0 Å². The van der Waals surface area contributed by atoms with Gasteiger partial charge in [0.25, 0.3) is 0 Å². The SMILES string of the molecule is CCn1ccc(CNC(=O)N2CCn3c(cc4c(Cl)cccc43)C2)n1. The minimum atomic E-state index is -0.0614. The molecule has 0 bridgehead atoms. The van der Waals surface area contributed by atoms with Crippen LogP contribution in [0.4, 0.5) is 4.79 Å². The molecule has 4 rings (SSSR count). The first kappa shape index (κ1) is 16.0. The quantitative estimate of drug-likeness (QED) is 0.782. The van der Waals surface area contributed by atoms with Crippen molar-refractivity contribution >= 4 is 28.5 Å². The number of fused-ring (bicyclic) bond motifs is 3. The molecule has 0 spiro atoms. The molecule has 0 fully saturated rings. The fourth-order valence-electron chi connectivity index (χ4n) is 3.32. The molecule has 2 amide bonds. The maximum absolute atomic E-state index is 12.5. The van der Waals surface area contributed by atoms with Crippen molar-refractivity contribution in [1.29, 1.82) is 0 Å². The summed E-state index contributed by atoms with van der Waals surface area (Å²) in [4.78, 5) is 14.3. The Morgan fingerprint density at radius 1 is 1.32 bits per heavy atom. The minimum absolute atomic E-state index is 0.0614. The topological polar surface area (TPSA) is 55.1 Å². The van der Waals surface area contributed by atoms with E-state index in [9.17, 15) is 4.79 Å². The number of benzene rings is 1. The van der Waals surface area contributed by atoms with Gasteiger partial charge in [-0.25, -0.2) is 4.79 Å².